The number of halogens is 1. The van der Waals surface area contributed by atoms with Gasteiger partial charge in [0.1, 0.15) is 42.3 Å². The Morgan fingerprint density at radius 3 is 2.51 bits per heavy atom. The van der Waals surface area contributed by atoms with Crippen LogP contribution in [0.3, 0.4) is 0 Å². The molecule has 4 N–H and O–H groups in total. The Balaban J connectivity index is 1.54. The second kappa shape index (κ2) is 16.5. The van der Waals surface area contributed by atoms with Gasteiger partial charge in [-0.25, -0.2) is 0 Å². The van der Waals surface area contributed by atoms with Gasteiger partial charge in [-0.3, -0.25) is 24.0 Å². The molecule has 3 heterocycles. The van der Waals surface area contributed by atoms with Crippen molar-refractivity contribution in [3.05, 3.63) is 58.6 Å². The summed E-state index contributed by atoms with van der Waals surface area (Å²) in [7, 11) is 0. The van der Waals surface area contributed by atoms with Gasteiger partial charge in [0, 0.05) is 18.0 Å². The molecule has 2 aromatic carbocycles. The number of nitrogens with one attached hydrogen (secondary N) is 4. The number of nitrogens with zero attached hydrogens (tertiary/aromatic N) is 1. The zero-order valence-corrected chi connectivity index (χ0v) is 28.0. The highest BCUT2D eigenvalue weighted by Crippen LogP contribution is 2.22. The molecule has 0 radical (unpaired) electrons. The Kier molecular flexibility index (Phi) is 12.5. The van der Waals surface area contributed by atoms with Crippen molar-refractivity contribution in [2.75, 3.05) is 26.3 Å². The fraction of sp³-hybridized carbons (Fsp3) is 0.500. The predicted molar refractivity (Wildman–Crippen MR) is 176 cm³/mol. The van der Waals surface area contributed by atoms with E-state index in [9.17, 15) is 24.0 Å². The van der Waals surface area contributed by atoms with E-state index in [-0.39, 0.29) is 43.9 Å². The van der Waals surface area contributed by atoms with E-state index in [1.165, 1.54) is 11.8 Å². The molecule has 0 aliphatic carbocycles. The SMILES string of the molecule is Cc1cc(Cl)ccc1OCC(=O)N[C@H]1Cc2ccc(cc2)OCCNC(=O)[C@H]2CCCN2C(=O)[C@H](CC(C)C)NC(=O)[C@@H](C)NC1=O. The van der Waals surface area contributed by atoms with Crippen molar-refractivity contribution in [3.8, 4) is 11.5 Å². The van der Waals surface area contributed by atoms with Crippen LogP contribution in [0.15, 0.2) is 42.5 Å². The quantitative estimate of drug-likeness (QED) is 0.368. The second-order valence-electron chi connectivity index (χ2n) is 12.4. The summed E-state index contributed by atoms with van der Waals surface area (Å²) in [4.78, 5) is 68.2. The van der Waals surface area contributed by atoms with Gasteiger partial charge < -0.3 is 35.6 Å². The first-order valence-corrected chi connectivity index (χ1v) is 16.4. The second-order valence-corrected chi connectivity index (χ2v) is 12.9. The van der Waals surface area contributed by atoms with E-state index in [2.05, 4.69) is 21.3 Å². The molecule has 1 saturated heterocycles. The fourth-order valence-corrected chi connectivity index (χ4v) is 5.88. The van der Waals surface area contributed by atoms with E-state index in [1.54, 1.807) is 49.4 Å². The largest absolute Gasteiger partial charge is 0.492 e. The monoisotopic (exact) mass is 669 g/mol. The van der Waals surface area contributed by atoms with E-state index < -0.39 is 41.9 Å². The van der Waals surface area contributed by atoms with E-state index in [0.717, 1.165) is 11.1 Å². The lowest BCUT2D eigenvalue weighted by molar-refractivity contribution is -0.142. The molecule has 0 spiro atoms. The zero-order valence-electron chi connectivity index (χ0n) is 27.3. The molecule has 12 nitrogen and oxygen atoms in total. The lowest BCUT2D eigenvalue weighted by Crippen LogP contribution is -2.58. The Labute approximate surface area is 280 Å². The number of benzene rings is 2. The highest BCUT2D eigenvalue weighted by Gasteiger charge is 2.38. The van der Waals surface area contributed by atoms with Gasteiger partial charge in [-0.1, -0.05) is 37.6 Å². The lowest BCUT2D eigenvalue weighted by Gasteiger charge is -2.30. The van der Waals surface area contributed by atoms with Crippen LogP contribution in [0, 0.1) is 12.8 Å². The van der Waals surface area contributed by atoms with Gasteiger partial charge in [0.25, 0.3) is 5.91 Å². The smallest absolute Gasteiger partial charge is 0.258 e. The molecular formula is C34H44ClN5O7. The molecule has 5 amide bonds. The molecular weight excluding hydrogens is 626 g/mol. The van der Waals surface area contributed by atoms with Gasteiger partial charge in [0.05, 0.1) is 6.54 Å². The van der Waals surface area contributed by atoms with Crippen molar-refractivity contribution in [3.63, 3.8) is 0 Å². The summed E-state index contributed by atoms with van der Waals surface area (Å²) >= 11 is 6.02. The van der Waals surface area contributed by atoms with Crippen molar-refractivity contribution < 1.29 is 33.4 Å². The topological polar surface area (TPSA) is 155 Å². The van der Waals surface area contributed by atoms with Crippen LogP contribution in [0.25, 0.3) is 0 Å². The third-order valence-electron chi connectivity index (χ3n) is 8.09. The Bertz CT molecular complexity index is 1450. The fourth-order valence-electron chi connectivity index (χ4n) is 5.65. The molecule has 2 aromatic rings. The number of amides is 5. The van der Waals surface area contributed by atoms with Crippen LogP contribution in [-0.4, -0.2) is 84.9 Å². The Morgan fingerprint density at radius 1 is 1.06 bits per heavy atom. The molecule has 0 unspecified atom stereocenters. The zero-order chi connectivity index (χ0) is 34.1. The number of aryl methyl sites for hydroxylation is 1. The van der Waals surface area contributed by atoms with E-state index in [1.807, 2.05) is 13.8 Å². The summed E-state index contributed by atoms with van der Waals surface area (Å²) in [5.41, 5.74) is 1.49. The van der Waals surface area contributed by atoms with Crippen LogP contribution in [0.5, 0.6) is 11.5 Å². The molecule has 47 heavy (non-hydrogen) atoms. The predicted octanol–water partition coefficient (Wildman–Crippen LogP) is 2.29. The standard InChI is InChI=1S/C34H44ClN5O7/c1-20(2)16-27-34(45)40-14-5-6-28(40)33(44)36-13-15-46-25-10-7-23(8-11-25)18-26(32(43)37-22(4)31(42)39-27)38-30(41)19-47-29-12-9-24(35)17-21(29)3/h7-12,17,20,22,26-28H,5-6,13-16,18-19H2,1-4H3,(H,36,44)(H,37,43)(H,38,41)(H,39,42)/t22-,26+,27+,28-/m1/s1. The average Bonchev–Trinajstić information content (AvgIpc) is 3.52. The van der Waals surface area contributed by atoms with Gasteiger partial charge in [-0.15, -0.1) is 0 Å². The summed E-state index contributed by atoms with van der Waals surface area (Å²) in [6.45, 7) is 7.71. The summed E-state index contributed by atoms with van der Waals surface area (Å²) in [6, 6.07) is 8.47. The molecule has 1 fully saturated rings. The van der Waals surface area contributed by atoms with Crippen LogP contribution < -0.4 is 30.7 Å². The van der Waals surface area contributed by atoms with Gasteiger partial charge in [0.2, 0.25) is 23.6 Å². The van der Waals surface area contributed by atoms with Crippen LogP contribution in [-0.2, 0) is 30.4 Å². The van der Waals surface area contributed by atoms with Crippen molar-refractivity contribution >= 4 is 41.1 Å². The summed E-state index contributed by atoms with van der Waals surface area (Å²) in [5, 5.41) is 11.6. The van der Waals surface area contributed by atoms with Crippen molar-refractivity contribution in [1.82, 2.24) is 26.2 Å². The number of carbonyl (C=O) groups excluding carboxylic acids is 5. The highest BCUT2D eigenvalue weighted by molar-refractivity contribution is 6.30. The van der Waals surface area contributed by atoms with Gasteiger partial charge in [-0.2, -0.15) is 0 Å². The summed E-state index contributed by atoms with van der Waals surface area (Å²) in [5.74, 6) is -1.16. The molecule has 3 aliphatic rings. The lowest BCUT2D eigenvalue weighted by atomic mass is 10.0. The normalized spacial score (nSPS) is 22.9. The number of carbonyl (C=O) groups is 5. The van der Waals surface area contributed by atoms with Gasteiger partial charge >= 0.3 is 0 Å². The molecule has 254 valence electrons. The molecule has 5 rings (SSSR count). The van der Waals surface area contributed by atoms with Gasteiger partial charge in [-0.05, 0) is 80.5 Å². The van der Waals surface area contributed by atoms with Crippen LogP contribution in [0.4, 0.5) is 0 Å². The van der Waals surface area contributed by atoms with Gasteiger partial charge in [0.15, 0.2) is 6.61 Å². The third-order valence-corrected chi connectivity index (χ3v) is 8.33. The summed E-state index contributed by atoms with van der Waals surface area (Å²) in [6.07, 6.45) is 1.66. The van der Waals surface area contributed by atoms with Crippen LogP contribution in [0.2, 0.25) is 5.02 Å². The van der Waals surface area contributed by atoms with Crippen molar-refractivity contribution in [2.24, 2.45) is 5.92 Å². The maximum atomic E-state index is 13.7. The molecule has 0 aromatic heterocycles. The maximum Gasteiger partial charge on any atom is 0.258 e. The highest BCUT2D eigenvalue weighted by atomic mass is 35.5. The minimum absolute atomic E-state index is 0.0660. The van der Waals surface area contributed by atoms with Crippen LogP contribution >= 0.6 is 11.6 Å². The number of fused-ring (bicyclic) bond motifs is 14. The van der Waals surface area contributed by atoms with E-state index in [0.29, 0.717) is 42.3 Å². The van der Waals surface area contributed by atoms with Crippen LogP contribution in [0.1, 0.15) is 51.2 Å². The van der Waals surface area contributed by atoms with Crippen molar-refractivity contribution in [2.45, 2.75) is 77.5 Å². The molecule has 4 atom stereocenters. The first-order chi connectivity index (χ1) is 22.4. The molecule has 2 bridgehead atoms. The third kappa shape index (κ3) is 10.1. The molecule has 3 aliphatic heterocycles. The first kappa shape index (κ1) is 35.5. The van der Waals surface area contributed by atoms with Crippen molar-refractivity contribution in [1.29, 1.82) is 0 Å². The average molecular weight is 670 g/mol. The minimum Gasteiger partial charge on any atom is -0.492 e. The number of rotatable bonds is 6. The number of hydrogen-bond acceptors (Lipinski definition) is 7. The number of hydrogen-bond donors (Lipinski definition) is 4. The summed E-state index contributed by atoms with van der Waals surface area (Å²) < 4.78 is 11.5. The number of ether oxygens (including phenoxy) is 2. The van der Waals surface area contributed by atoms with E-state index in [4.69, 9.17) is 21.1 Å². The molecule has 13 heteroatoms. The molecule has 0 saturated carbocycles. The minimum atomic E-state index is -1.04. The van der Waals surface area contributed by atoms with E-state index >= 15 is 0 Å². The maximum absolute atomic E-state index is 13.7. The Hall–Kier alpha value is -4.32. The Morgan fingerprint density at radius 2 is 1.81 bits per heavy atom. The first-order valence-electron chi connectivity index (χ1n) is 16.0.